The Morgan fingerprint density at radius 1 is 1.08 bits per heavy atom. The zero-order valence-corrected chi connectivity index (χ0v) is 21.0. The lowest BCUT2D eigenvalue weighted by Gasteiger charge is -2.14. The molecule has 1 amide bonds. The lowest BCUT2D eigenvalue weighted by molar-refractivity contribution is -0.120. The molecule has 1 aromatic heterocycles. The van der Waals surface area contributed by atoms with Gasteiger partial charge in [0.05, 0.1) is 0 Å². The second-order valence-corrected chi connectivity index (χ2v) is 9.63. The Morgan fingerprint density at radius 3 is 2.57 bits per heavy atom. The van der Waals surface area contributed by atoms with Gasteiger partial charge in [-0.2, -0.15) is 0 Å². The van der Waals surface area contributed by atoms with Gasteiger partial charge in [-0.25, -0.2) is 13.2 Å². The van der Waals surface area contributed by atoms with Crippen molar-refractivity contribution < 1.29 is 27.5 Å². The number of carbonyl (C=O) groups is 2. The van der Waals surface area contributed by atoms with Crippen molar-refractivity contribution in [3.8, 4) is 11.5 Å². The summed E-state index contributed by atoms with van der Waals surface area (Å²) in [5, 5.41) is 2.56. The number of nitrogens with one attached hydrogen (secondary N) is 1. The summed E-state index contributed by atoms with van der Waals surface area (Å²) < 4.78 is 47.7. The summed E-state index contributed by atoms with van der Waals surface area (Å²) in [5.74, 6) is -3.36. The van der Waals surface area contributed by atoms with Crippen LogP contribution in [0.1, 0.15) is 49.4 Å². The smallest absolute Gasteiger partial charge is 0.271 e. The molecule has 1 heterocycles. The average Bonchev–Trinajstić information content (AvgIpc) is 3.69. The number of ketones is 1. The molecule has 1 N–H and O–H groups in total. The van der Waals surface area contributed by atoms with E-state index in [-0.39, 0.29) is 46.6 Å². The molecule has 9 heteroatoms. The van der Waals surface area contributed by atoms with Crippen molar-refractivity contribution in [3.05, 3.63) is 82.4 Å². The predicted octanol–water partition coefficient (Wildman–Crippen LogP) is 7.26. The number of hydrogen-bond acceptors (Lipinski definition) is 4. The highest BCUT2D eigenvalue weighted by atomic mass is 35.5. The highest BCUT2D eigenvalue weighted by Gasteiger charge is 2.29. The van der Waals surface area contributed by atoms with Crippen molar-refractivity contribution in [1.82, 2.24) is 4.98 Å². The minimum atomic E-state index is -3.09. The summed E-state index contributed by atoms with van der Waals surface area (Å²) in [6, 6.07) is 11.6. The van der Waals surface area contributed by atoms with Crippen LogP contribution in [0.5, 0.6) is 11.5 Å². The summed E-state index contributed by atoms with van der Waals surface area (Å²) in [6.45, 7) is 0.762. The van der Waals surface area contributed by atoms with Gasteiger partial charge in [0.2, 0.25) is 5.91 Å². The van der Waals surface area contributed by atoms with Crippen molar-refractivity contribution in [1.29, 1.82) is 0 Å². The zero-order valence-electron chi connectivity index (χ0n) is 20.2. The summed E-state index contributed by atoms with van der Waals surface area (Å²) in [6.07, 6.45) is 4.63. The quantitative estimate of drug-likeness (QED) is 0.283. The van der Waals surface area contributed by atoms with E-state index in [2.05, 4.69) is 10.3 Å². The van der Waals surface area contributed by atoms with Gasteiger partial charge in [0.25, 0.3) is 5.92 Å². The van der Waals surface area contributed by atoms with E-state index in [4.69, 9.17) is 16.3 Å². The number of anilines is 1. The number of carbonyl (C=O) groups excluding carboxylic acids is 2. The normalized spacial score (nSPS) is 13.3. The second-order valence-electron chi connectivity index (χ2n) is 9.22. The molecular weight excluding hydrogens is 505 g/mol. The van der Waals surface area contributed by atoms with Crippen LogP contribution in [0.2, 0.25) is 5.02 Å². The van der Waals surface area contributed by atoms with Gasteiger partial charge in [0, 0.05) is 66.0 Å². The van der Waals surface area contributed by atoms with E-state index in [1.54, 1.807) is 24.4 Å². The Bertz CT molecular complexity index is 1310. The molecule has 1 saturated carbocycles. The molecule has 1 fully saturated rings. The van der Waals surface area contributed by atoms with Crippen molar-refractivity contribution >= 4 is 29.0 Å². The summed E-state index contributed by atoms with van der Waals surface area (Å²) in [4.78, 5) is 28.5. The second kappa shape index (κ2) is 11.3. The summed E-state index contributed by atoms with van der Waals surface area (Å²) >= 11 is 5.85. The molecule has 1 aliphatic carbocycles. The Balaban J connectivity index is 1.31. The maximum Gasteiger partial charge on any atom is 0.271 e. The third-order valence-electron chi connectivity index (χ3n) is 6.04. The molecule has 0 atom stereocenters. The van der Waals surface area contributed by atoms with Gasteiger partial charge in [0.1, 0.15) is 11.5 Å². The van der Waals surface area contributed by atoms with Crippen molar-refractivity contribution in [2.75, 3.05) is 5.32 Å². The Labute approximate surface area is 218 Å². The third-order valence-corrected chi connectivity index (χ3v) is 6.37. The number of alkyl halides is 2. The van der Waals surface area contributed by atoms with Gasteiger partial charge in [-0.05, 0) is 61.6 Å². The third kappa shape index (κ3) is 7.55. The largest absolute Gasteiger partial charge is 0.454 e. The number of amides is 1. The fraction of sp³-hybridized carbons (Fsp3) is 0.321. The van der Waals surface area contributed by atoms with Gasteiger partial charge in [-0.3, -0.25) is 14.6 Å². The van der Waals surface area contributed by atoms with E-state index in [1.807, 2.05) is 0 Å². The highest BCUT2D eigenvalue weighted by Crippen LogP contribution is 2.34. The number of ether oxygens (including phenoxy) is 1. The van der Waals surface area contributed by atoms with E-state index in [1.165, 1.54) is 24.3 Å². The number of Topliss-reactive ketones (excluding diaryl/α,β-unsaturated/α-hetero) is 1. The first-order valence-electron chi connectivity index (χ1n) is 12.0. The van der Waals surface area contributed by atoms with E-state index < -0.39 is 17.6 Å². The molecule has 3 aromatic rings. The maximum atomic E-state index is 14.7. The van der Waals surface area contributed by atoms with Gasteiger partial charge < -0.3 is 10.1 Å². The number of halogens is 4. The van der Waals surface area contributed by atoms with Crippen LogP contribution in [0, 0.1) is 11.7 Å². The number of aromatic nitrogens is 1. The monoisotopic (exact) mass is 530 g/mol. The van der Waals surface area contributed by atoms with Crippen LogP contribution in [-0.4, -0.2) is 16.7 Å². The molecule has 5 nitrogen and oxygen atoms in total. The van der Waals surface area contributed by atoms with E-state index in [0.717, 1.165) is 25.8 Å². The molecule has 0 radical (unpaired) electrons. The number of aryl methyl sites for hydroxylation is 2. The Kier molecular flexibility index (Phi) is 8.17. The number of hydrogen-bond donors (Lipinski definition) is 1. The highest BCUT2D eigenvalue weighted by molar-refractivity contribution is 6.31. The lowest BCUT2D eigenvalue weighted by atomic mass is 10.0. The number of rotatable bonds is 11. The van der Waals surface area contributed by atoms with Gasteiger partial charge in [0.15, 0.2) is 11.6 Å². The topological polar surface area (TPSA) is 68.3 Å². The standard InChI is InChI=1S/C28H26ClF3N2O3/c1-28(31,32)22-14-17(2-8-23(22)29)3-11-27(36)34-20-7-10-26(24(30)16-20)37-21-12-13-33-19(15-21)6-9-25(35)18-4-5-18/h2,7-8,10,12-16,18H,3-6,9,11H2,1H3,(H,34,36). The van der Waals surface area contributed by atoms with Crippen molar-refractivity contribution in [2.45, 2.75) is 51.4 Å². The first-order chi connectivity index (χ1) is 17.6. The minimum Gasteiger partial charge on any atom is -0.454 e. The average molecular weight is 531 g/mol. The first-order valence-corrected chi connectivity index (χ1v) is 12.4. The number of pyridine rings is 1. The van der Waals surface area contributed by atoms with Crippen LogP contribution in [0.15, 0.2) is 54.7 Å². The van der Waals surface area contributed by atoms with E-state index >= 15 is 0 Å². The summed E-state index contributed by atoms with van der Waals surface area (Å²) in [5.41, 5.74) is 1.17. The zero-order chi connectivity index (χ0) is 26.6. The SMILES string of the molecule is CC(F)(F)c1cc(CCC(=O)Nc2ccc(Oc3ccnc(CCC(=O)C4CC4)c3)c(F)c2)ccc1Cl. The van der Waals surface area contributed by atoms with Crippen LogP contribution in [0.4, 0.5) is 18.9 Å². The molecule has 0 spiro atoms. The van der Waals surface area contributed by atoms with Crippen LogP contribution >= 0.6 is 11.6 Å². The first kappa shape index (κ1) is 26.7. The lowest BCUT2D eigenvalue weighted by Crippen LogP contribution is -2.13. The number of nitrogens with zero attached hydrogens (tertiary/aromatic N) is 1. The van der Waals surface area contributed by atoms with E-state index in [0.29, 0.717) is 29.8 Å². The molecule has 0 bridgehead atoms. The van der Waals surface area contributed by atoms with Crippen molar-refractivity contribution in [2.24, 2.45) is 5.92 Å². The van der Waals surface area contributed by atoms with Crippen molar-refractivity contribution in [3.63, 3.8) is 0 Å². The van der Waals surface area contributed by atoms with Crippen LogP contribution in [0.25, 0.3) is 0 Å². The van der Waals surface area contributed by atoms with Crippen LogP contribution in [0.3, 0.4) is 0 Å². The fourth-order valence-electron chi connectivity index (χ4n) is 3.85. The molecule has 4 rings (SSSR count). The molecule has 0 unspecified atom stereocenters. The molecule has 37 heavy (non-hydrogen) atoms. The summed E-state index contributed by atoms with van der Waals surface area (Å²) in [7, 11) is 0. The van der Waals surface area contributed by atoms with Gasteiger partial charge >= 0.3 is 0 Å². The van der Waals surface area contributed by atoms with Gasteiger partial charge in [-0.1, -0.05) is 17.7 Å². The minimum absolute atomic E-state index is 0.0132. The maximum absolute atomic E-state index is 14.7. The predicted molar refractivity (Wildman–Crippen MR) is 135 cm³/mol. The number of benzene rings is 2. The van der Waals surface area contributed by atoms with Crippen LogP contribution < -0.4 is 10.1 Å². The molecule has 0 saturated heterocycles. The van der Waals surface area contributed by atoms with E-state index in [9.17, 15) is 22.8 Å². The van der Waals surface area contributed by atoms with Crippen LogP contribution in [-0.2, 0) is 28.4 Å². The molecular formula is C28H26ClF3N2O3. The Hall–Kier alpha value is -3.39. The fourth-order valence-corrected chi connectivity index (χ4v) is 4.13. The van der Waals surface area contributed by atoms with Gasteiger partial charge in [-0.15, -0.1) is 0 Å². The Morgan fingerprint density at radius 2 is 1.86 bits per heavy atom. The molecule has 194 valence electrons. The molecule has 1 aliphatic rings. The molecule has 2 aromatic carbocycles. The molecule has 0 aliphatic heterocycles.